The minimum absolute atomic E-state index is 0.197. The van der Waals surface area contributed by atoms with Crippen LogP contribution in [0.15, 0.2) is 52.9 Å². The molecular weight excluding hydrogens is 358 g/mol. The minimum Gasteiger partial charge on any atom is -0.497 e. The van der Waals surface area contributed by atoms with Crippen LogP contribution in [-0.2, 0) is 4.79 Å². The van der Waals surface area contributed by atoms with Crippen molar-refractivity contribution in [3.8, 4) is 16.9 Å². The van der Waals surface area contributed by atoms with Crippen LogP contribution in [0.5, 0.6) is 5.75 Å². The number of furan rings is 1. The summed E-state index contributed by atoms with van der Waals surface area (Å²) >= 11 is 0. The number of amides is 1. The zero-order valence-corrected chi connectivity index (χ0v) is 15.6. The van der Waals surface area contributed by atoms with Crippen molar-refractivity contribution < 1.29 is 23.8 Å². The number of piperidine rings is 1. The van der Waals surface area contributed by atoms with Gasteiger partial charge in [-0.05, 0) is 30.5 Å². The van der Waals surface area contributed by atoms with Gasteiger partial charge in [-0.25, -0.2) is 0 Å². The third-order valence-electron chi connectivity index (χ3n) is 5.21. The fourth-order valence-corrected chi connectivity index (χ4v) is 3.75. The first-order valence-corrected chi connectivity index (χ1v) is 9.26. The van der Waals surface area contributed by atoms with Crippen LogP contribution in [0.4, 0.5) is 0 Å². The van der Waals surface area contributed by atoms with Gasteiger partial charge in [0.05, 0.1) is 13.0 Å². The summed E-state index contributed by atoms with van der Waals surface area (Å²) in [5.74, 6) is -0.804. The Balaban J connectivity index is 1.81. The molecule has 0 saturated carbocycles. The third kappa shape index (κ3) is 3.22. The molecule has 0 unspecified atom stereocenters. The highest BCUT2D eigenvalue weighted by Gasteiger charge is 2.32. The van der Waals surface area contributed by atoms with Gasteiger partial charge in [-0.2, -0.15) is 0 Å². The molecule has 1 saturated heterocycles. The van der Waals surface area contributed by atoms with Crippen molar-refractivity contribution in [3.63, 3.8) is 0 Å². The van der Waals surface area contributed by atoms with Crippen molar-refractivity contribution >= 4 is 22.8 Å². The van der Waals surface area contributed by atoms with Gasteiger partial charge in [0.15, 0.2) is 0 Å². The lowest BCUT2D eigenvalue weighted by molar-refractivity contribution is -0.143. The quantitative estimate of drug-likeness (QED) is 0.740. The molecule has 144 valence electrons. The van der Waals surface area contributed by atoms with Crippen LogP contribution in [0.1, 0.15) is 23.4 Å². The molecular formula is C22H21NO5. The average Bonchev–Trinajstić information content (AvgIpc) is 3.12. The number of nitrogens with zero attached hydrogens (tertiary/aromatic N) is 1. The molecule has 1 aliphatic rings. The van der Waals surface area contributed by atoms with Gasteiger partial charge in [0, 0.05) is 30.1 Å². The molecule has 1 fully saturated rings. The summed E-state index contributed by atoms with van der Waals surface area (Å²) in [4.78, 5) is 26.3. The normalized spacial score (nSPS) is 16.9. The van der Waals surface area contributed by atoms with Gasteiger partial charge in [-0.15, -0.1) is 0 Å². The number of carboxylic acids is 1. The number of fused-ring (bicyclic) bond motifs is 1. The van der Waals surface area contributed by atoms with Gasteiger partial charge in [-0.1, -0.05) is 30.3 Å². The summed E-state index contributed by atoms with van der Waals surface area (Å²) in [5.41, 5.74) is 2.16. The summed E-state index contributed by atoms with van der Waals surface area (Å²) in [6.45, 7) is 0.722. The fourth-order valence-electron chi connectivity index (χ4n) is 3.75. The van der Waals surface area contributed by atoms with Crippen LogP contribution >= 0.6 is 0 Å². The largest absolute Gasteiger partial charge is 0.497 e. The first-order chi connectivity index (χ1) is 13.6. The van der Waals surface area contributed by atoms with Crippen molar-refractivity contribution in [1.82, 2.24) is 4.90 Å². The molecule has 0 bridgehead atoms. The highest BCUT2D eigenvalue weighted by atomic mass is 16.5. The summed E-state index contributed by atoms with van der Waals surface area (Å²) in [6, 6.07) is 15.1. The lowest BCUT2D eigenvalue weighted by atomic mass is 9.97. The van der Waals surface area contributed by atoms with E-state index in [1.54, 1.807) is 18.1 Å². The Labute approximate surface area is 162 Å². The van der Waals surface area contributed by atoms with Crippen LogP contribution in [0.3, 0.4) is 0 Å². The number of carbonyl (C=O) groups excluding carboxylic acids is 1. The van der Waals surface area contributed by atoms with E-state index in [2.05, 4.69) is 0 Å². The molecule has 1 aromatic heterocycles. The molecule has 0 radical (unpaired) electrons. The maximum Gasteiger partial charge on any atom is 0.308 e. The van der Waals surface area contributed by atoms with E-state index in [9.17, 15) is 14.7 Å². The first kappa shape index (κ1) is 18.1. The van der Waals surface area contributed by atoms with Crippen LogP contribution in [0.2, 0.25) is 0 Å². The number of likely N-dealkylation sites (tertiary alicyclic amines) is 1. The second-order valence-electron chi connectivity index (χ2n) is 6.96. The Morgan fingerprint density at radius 2 is 1.96 bits per heavy atom. The lowest BCUT2D eigenvalue weighted by Gasteiger charge is -2.30. The summed E-state index contributed by atoms with van der Waals surface area (Å²) in [6.07, 6.45) is 1.25. The van der Waals surface area contributed by atoms with Gasteiger partial charge >= 0.3 is 5.97 Å². The second-order valence-corrected chi connectivity index (χ2v) is 6.96. The van der Waals surface area contributed by atoms with Crippen molar-refractivity contribution in [1.29, 1.82) is 0 Å². The van der Waals surface area contributed by atoms with Gasteiger partial charge in [-0.3, -0.25) is 9.59 Å². The molecule has 2 aromatic carbocycles. The van der Waals surface area contributed by atoms with Gasteiger partial charge in [0.1, 0.15) is 11.3 Å². The Morgan fingerprint density at radius 1 is 1.18 bits per heavy atom. The predicted molar refractivity (Wildman–Crippen MR) is 104 cm³/mol. The standard InChI is InChI=1S/C22H21NO5/c1-27-16-9-10-17-18(12-16)28-20(19(17)14-6-3-2-4-7-14)21(24)23-11-5-8-15(13-23)22(25)26/h2-4,6-7,9-10,12,15H,5,8,11,13H2,1H3,(H,25,26)/t15-/m0/s1. The van der Waals surface area contributed by atoms with E-state index in [1.165, 1.54) is 0 Å². The SMILES string of the molecule is COc1ccc2c(-c3ccccc3)c(C(=O)N3CCC[C@H](C(=O)O)C3)oc2c1. The average molecular weight is 379 g/mol. The number of hydrogen-bond donors (Lipinski definition) is 1. The Hall–Kier alpha value is -3.28. The number of rotatable bonds is 4. The molecule has 1 amide bonds. The molecule has 2 heterocycles. The first-order valence-electron chi connectivity index (χ1n) is 9.26. The van der Waals surface area contributed by atoms with E-state index >= 15 is 0 Å². The second kappa shape index (κ2) is 7.38. The number of carbonyl (C=O) groups is 2. The Morgan fingerprint density at radius 3 is 2.68 bits per heavy atom. The van der Waals surface area contributed by atoms with Crippen LogP contribution in [-0.4, -0.2) is 42.1 Å². The fraction of sp³-hybridized carbons (Fsp3) is 0.273. The van der Waals surface area contributed by atoms with Crippen molar-refractivity contribution in [2.24, 2.45) is 5.92 Å². The maximum absolute atomic E-state index is 13.3. The van der Waals surface area contributed by atoms with Gasteiger partial charge in [0.2, 0.25) is 5.76 Å². The number of aliphatic carboxylic acids is 1. The summed E-state index contributed by atoms with van der Waals surface area (Å²) in [5, 5.41) is 10.2. The molecule has 1 aliphatic heterocycles. The molecule has 0 spiro atoms. The topological polar surface area (TPSA) is 80.0 Å². The van der Waals surface area contributed by atoms with E-state index in [4.69, 9.17) is 9.15 Å². The van der Waals surface area contributed by atoms with E-state index in [-0.39, 0.29) is 18.2 Å². The maximum atomic E-state index is 13.3. The predicted octanol–water partition coefficient (Wildman–Crippen LogP) is 4.05. The molecule has 0 aliphatic carbocycles. The van der Waals surface area contributed by atoms with Gasteiger partial charge < -0.3 is 19.2 Å². The van der Waals surface area contributed by atoms with E-state index < -0.39 is 11.9 Å². The summed E-state index contributed by atoms with van der Waals surface area (Å²) in [7, 11) is 1.58. The van der Waals surface area contributed by atoms with Crippen molar-refractivity contribution in [2.75, 3.05) is 20.2 Å². The van der Waals surface area contributed by atoms with Gasteiger partial charge in [0.25, 0.3) is 5.91 Å². The summed E-state index contributed by atoms with van der Waals surface area (Å²) < 4.78 is 11.3. The zero-order chi connectivity index (χ0) is 19.7. The Bertz CT molecular complexity index is 1020. The van der Waals surface area contributed by atoms with E-state index in [0.29, 0.717) is 30.7 Å². The number of benzene rings is 2. The third-order valence-corrected chi connectivity index (χ3v) is 5.21. The van der Waals surface area contributed by atoms with Crippen LogP contribution in [0, 0.1) is 5.92 Å². The highest BCUT2D eigenvalue weighted by Crippen LogP contribution is 2.37. The van der Waals surface area contributed by atoms with Crippen molar-refractivity contribution in [2.45, 2.75) is 12.8 Å². The van der Waals surface area contributed by atoms with E-state index in [1.807, 2.05) is 42.5 Å². The number of methoxy groups -OCH3 is 1. The monoisotopic (exact) mass is 379 g/mol. The molecule has 1 N–H and O–H groups in total. The molecule has 28 heavy (non-hydrogen) atoms. The van der Waals surface area contributed by atoms with E-state index in [0.717, 1.165) is 16.5 Å². The molecule has 6 nitrogen and oxygen atoms in total. The van der Waals surface area contributed by atoms with Crippen LogP contribution in [0.25, 0.3) is 22.1 Å². The lowest BCUT2D eigenvalue weighted by Crippen LogP contribution is -2.42. The number of hydrogen-bond acceptors (Lipinski definition) is 4. The Kier molecular flexibility index (Phi) is 4.77. The smallest absolute Gasteiger partial charge is 0.308 e. The van der Waals surface area contributed by atoms with Crippen LogP contribution < -0.4 is 4.74 Å². The molecule has 6 heteroatoms. The zero-order valence-electron chi connectivity index (χ0n) is 15.6. The highest BCUT2D eigenvalue weighted by molar-refractivity contribution is 6.08. The molecule has 3 aromatic rings. The molecule has 1 atom stereocenters. The number of ether oxygens (including phenoxy) is 1. The number of carboxylic acid groups (broad SMARTS) is 1. The van der Waals surface area contributed by atoms with Crippen molar-refractivity contribution in [3.05, 3.63) is 54.3 Å². The molecule has 4 rings (SSSR count). The minimum atomic E-state index is -0.866.